The van der Waals surface area contributed by atoms with Crippen LogP contribution in [0.25, 0.3) is 0 Å². The molecule has 0 fully saturated rings. The standard InChI is InChI=1S/C12H17ClN2O/c1-2-3-9-15(10-7-13)12(16)11-6-4-5-8-14-11/h4-6,8H,2-3,7,9-10H2,1H3. The second-order valence-corrected chi connectivity index (χ2v) is 3.93. The van der Waals surface area contributed by atoms with Crippen LogP contribution in [0.1, 0.15) is 30.3 Å². The highest BCUT2D eigenvalue weighted by molar-refractivity contribution is 6.18. The molecule has 0 aromatic carbocycles. The van der Waals surface area contributed by atoms with Crippen molar-refractivity contribution in [3.05, 3.63) is 30.1 Å². The maximum Gasteiger partial charge on any atom is 0.272 e. The first kappa shape index (κ1) is 13.0. The summed E-state index contributed by atoms with van der Waals surface area (Å²) in [5.74, 6) is 0.428. The van der Waals surface area contributed by atoms with E-state index in [-0.39, 0.29) is 5.91 Å². The molecule has 0 unspecified atom stereocenters. The lowest BCUT2D eigenvalue weighted by Crippen LogP contribution is -2.34. The Labute approximate surface area is 101 Å². The number of hydrogen-bond acceptors (Lipinski definition) is 2. The van der Waals surface area contributed by atoms with E-state index in [4.69, 9.17) is 11.6 Å². The van der Waals surface area contributed by atoms with E-state index in [2.05, 4.69) is 11.9 Å². The molecule has 16 heavy (non-hydrogen) atoms. The highest BCUT2D eigenvalue weighted by Crippen LogP contribution is 2.04. The SMILES string of the molecule is CCCCN(CCCl)C(=O)c1ccccn1. The van der Waals surface area contributed by atoms with E-state index in [0.29, 0.717) is 18.1 Å². The van der Waals surface area contributed by atoms with Gasteiger partial charge in [-0.3, -0.25) is 9.78 Å². The van der Waals surface area contributed by atoms with Crippen molar-refractivity contribution in [2.75, 3.05) is 19.0 Å². The third-order valence-electron chi connectivity index (χ3n) is 2.31. The van der Waals surface area contributed by atoms with Crippen LogP contribution in [0, 0.1) is 0 Å². The number of nitrogens with zero attached hydrogens (tertiary/aromatic N) is 2. The van der Waals surface area contributed by atoms with E-state index in [1.165, 1.54) is 0 Å². The topological polar surface area (TPSA) is 33.2 Å². The van der Waals surface area contributed by atoms with Crippen LogP contribution < -0.4 is 0 Å². The fourth-order valence-electron chi connectivity index (χ4n) is 1.42. The summed E-state index contributed by atoms with van der Waals surface area (Å²) in [5, 5.41) is 0. The van der Waals surface area contributed by atoms with E-state index >= 15 is 0 Å². The third-order valence-corrected chi connectivity index (χ3v) is 2.48. The van der Waals surface area contributed by atoms with Gasteiger partial charge in [0.2, 0.25) is 0 Å². The van der Waals surface area contributed by atoms with Gasteiger partial charge in [0.15, 0.2) is 0 Å². The van der Waals surface area contributed by atoms with Gasteiger partial charge < -0.3 is 4.90 Å². The number of carbonyl (C=O) groups excluding carboxylic acids is 1. The zero-order valence-corrected chi connectivity index (χ0v) is 10.3. The second kappa shape index (κ2) is 7.23. The Bertz CT molecular complexity index is 316. The van der Waals surface area contributed by atoms with Gasteiger partial charge in [0.1, 0.15) is 5.69 Å². The normalized spacial score (nSPS) is 10.1. The molecule has 0 saturated carbocycles. The molecule has 0 N–H and O–H groups in total. The summed E-state index contributed by atoms with van der Waals surface area (Å²) in [4.78, 5) is 17.9. The predicted molar refractivity (Wildman–Crippen MR) is 65.8 cm³/mol. The number of halogens is 1. The molecule has 0 aliphatic heterocycles. The minimum atomic E-state index is -0.0327. The lowest BCUT2D eigenvalue weighted by Gasteiger charge is -2.20. The van der Waals surface area contributed by atoms with Crippen LogP contribution >= 0.6 is 11.6 Å². The quantitative estimate of drug-likeness (QED) is 0.716. The number of amides is 1. The van der Waals surface area contributed by atoms with E-state index in [9.17, 15) is 4.79 Å². The Kier molecular flexibility index (Phi) is 5.86. The van der Waals surface area contributed by atoms with Gasteiger partial charge in [-0.05, 0) is 18.6 Å². The fraction of sp³-hybridized carbons (Fsp3) is 0.500. The number of rotatable bonds is 6. The summed E-state index contributed by atoms with van der Waals surface area (Å²) in [5.41, 5.74) is 0.490. The molecule has 1 amide bonds. The molecule has 0 atom stereocenters. The van der Waals surface area contributed by atoms with E-state index in [1.54, 1.807) is 23.2 Å². The molecule has 1 aromatic heterocycles. The molecule has 3 nitrogen and oxygen atoms in total. The van der Waals surface area contributed by atoms with Crippen LogP contribution in [0.3, 0.4) is 0 Å². The molecule has 0 aliphatic carbocycles. The molecule has 4 heteroatoms. The summed E-state index contributed by atoms with van der Waals surface area (Å²) in [6, 6.07) is 5.35. The van der Waals surface area contributed by atoms with Crippen LogP contribution in [0.2, 0.25) is 0 Å². The highest BCUT2D eigenvalue weighted by atomic mass is 35.5. The molecule has 0 spiro atoms. The van der Waals surface area contributed by atoms with E-state index < -0.39 is 0 Å². The summed E-state index contributed by atoms with van der Waals surface area (Å²) >= 11 is 5.69. The van der Waals surface area contributed by atoms with Crippen LogP contribution in [-0.4, -0.2) is 34.8 Å². The van der Waals surface area contributed by atoms with Crippen molar-refractivity contribution in [2.24, 2.45) is 0 Å². The summed E-state index contributed by atoms with van der Waals surface area (Å²) in [7, 11) is 0. The van der Waals surface area contributed by atoms with Crippen LogP contribution in [-0.2, 0) is 0 Å². The van der Waals surface area contributed by atoms with E-state index in [0.717, 1.165) is 19.4 Å². The molecular weight excluding hydrogens is 224 g/mol. The Morgan fingerprint density at radius 3 is 2.81 bits per heavy atom. The van der Waals surface area contributed by atoms with Gasteiger partial charge in [0.25, 0.3) is 5.91 Å². The molecule has 0 saturated heterocycles. The average molecular weight is 241 g/mol. The van der Waals surface area contributed by atoms with Gasteiger partial charge in [-0.15, -0.1) is 11.6 Å². The lowest BCUT2D eigenvalue weighted by atomic mass is 10.2. The molecule has 0 aliphatic rings. The summed E-state index contributed by atoms with van der Waals surface area (Å²) < 4.78 is 0. The van der Waals surface area contributed by atoms with Crippen LogP contribution in [0.5, 0.6) is 0 Å². The Hall–Kier alpha value is -1.09. The van der Waals surface area contributed by atoms with Crippen molar-refractivity contribution in [1.29, 1.82) is 0 Å². The van der Waals surface area contributed by atoms with Gasteiger partial charge in [0, 0.05) is 25.2 Å². The first-order valence-corrected chi connectivity index (χ1v) is 6.09. The van der Waals surface area contributed by atoms with Crippen molar-refractivity contribution < 1.29 is 4.79 Å². The predicted octanol–water partition coefficient (Wildman–Crippen LogP) is 2.56. The Morgan fingerprint density at radius 1 is 1.44 bits per heavy atom. The minimum absolute atomic E-state index is 0.0327. The molecule has 1 aromatic rings. The zero-order chi connectivity index (χ0) is 11.8. The molecule has 0 radical (unpaired) electrons. The number of aromatic nitrogens is 1. The maximum atomic E-state index is 12.0. The lowest BCUT2D eigenvalue weighted by molar-refractivity contribution is 0.0757. The number of hydrogen-bond donors (Lipinski definition) is 0. The van der Waals surface area contributed by atoms with Crippen molar-refractivity contribution >= 4 is 17.5 Å². The molecule has 88 valence electrons. The largest absolute Gasteiger partial charge is 0.336 e. The van der Waals surface area contributed by atoms with Gasteiger partial charge in [-0.1, -0.05) is 19.4 Å². The van der Waals surface area contributed by atoms with Gasteiger partial charge in [-0.2, -0.15) is 0 Å². The Morgan fingerprint density at radius 2 is 2.25 bits per heavy atom. The fourth-order valence-corrected chi connectivity index (χ4v) is 1.62. The van der Waals surface area contributed by atoms with Crippen molar-refractivity contribution in [3.8, 4) is 0 Å². The molecule has 0 bridgehead atoms. The van der Waals surface area contributed by atoms with E-state index in [1.807, 2.05) is 6.07 Å². The molecule has 1 heterocycles. The van der Waals surface area contributed by atoms with Crippen molar-refractivity contribution in [2.45, 2.75) is 19.8 Å². The molecule has 1 rings (SSSR count). The average Bonchev–Trinajstić information content (AvgIpc) is 2.35. The van der Waals surface area contributed by atoms with Crippen molar-refractivity contribution in [1.82, 2.24) is 9.88 Å². The number of pyridine rings is 1. The summed E-state index contributed by atoms with van der Waals surface area (Å²) in [6.45, 7) is 3.43. The third kappa shape index (κ3) is 3.81. The monoisotopic (exact) mass is 240 g/mol. The molecular formula is C12H17ClN2O. The number of carbonyl (C=O) groups is 1. The van der Waals surface area contributed by atoms with Gasteiger partial charge >= 0.3 is 0 Å². The second-order valence-electron chi connectivity index (χ2n) is 3.55. The van der Waals surface area contributed by atoms with Gasteiger partial charge in [0.05, 0.1) is 0 Å². The number of alkyl halides is 1. The van der Waals surface area contributed by atoms with Crippen LogP contribution in [0.4, 0.5) is 0 Å². The van der Waals surface area contributed by atoms with Gasteiger partial charge in [-0.25, -0.2) is 0 Å². The van der Waals surface area contributed by atoms with Crippen LogP contribution in [0.15, 0.2) is 24.4 Å². The first-order chi connectivity index (χ1) is 7.79. The zero-order valence-electron chi connectivity index (χ0n) is 9.53. The smallest absolute Gasteiger partial charge is 0.272 e. The number of unbranched alkanes of at least 4 members (excludes halogenated alkanes) is 1. The first-order valence-electron chi connectivity index (χ1n) is 5.56. The highest BCUT2D eigenvalue weighted by Gasteiger charge is 2.15. The van der Waals surface area contributed by atoms with Crippen molar-refractivity contribution in [3.63, 3.8) is 0 Å². The Balaban J connectivity index is 2.67. The maximum absolute atomic E-state index is 12.0. The minimum Gasteiger partial charge on any atom is -0.336 e. The summed E-state index contributed by atoms with van der Waals surface area (Å²) in [6.07, 6.45) is 3.69.